The van der Waals surface area contributed by atoms with Crippen molar-refractivity contribution in [2.75, 3.05) is 5.73 Å². The van der Waals surface area contributed by atoms with E-state index in [9.17, 15) is 4.79 Å². The topological polar surface area (TPSA) is 63.3 Å². The van der Waals surface area contributed by atoms with Crippen LogP contribution in [0.15, 0.2) is 23.1 Å². The van der Waals surface area contributed by atoms with Gasteiger partial charge in [0.05, 0.1) is 5.02 Å². The minimum atomic E-state index is -0.826. The van der Waals surface area contributed by atoms with E-state index in [0.717, 1.165) is 4.90 Å². The molecule has 0 amide bonds. The summed E-state index contributed by atoms with van der Waals surface area (Å²) in [5.74, 6) is -0.788. The van der Waals surface area contributed by atoms with E-state index in [4.69, 9.17) is 22.4 Å². The van der Waals surface area contributed by atoms with Gasteiger partial charge >= 0.3 is 5.97 Å². The number of anilines is 1. The predicted molar refractivity (Wildman–Crippen MR) is 68.0 cm³/mol. The Morgan fingerprint density at radius 2 is 2.12 bits per heavy atom. The fourth-order valence-electron chi connectivity index (χ4n) is 1.22. The number of nitrogens with two attached hydrogens (primary N) is 1. The van der Waals surface area contributed by atoms with Crippen LogP contribution in [0.1, 0.15) is 13.8 Å². The molecule has 0 aromatic heterocycles. The average molecular weight is 260 g/mol. The minimum Gasteiger partial charge on any atom is -0.480 e. The van der Waals surface area contributed by atoms with Crippen molar-refractivity contribution < 1.29 is 9.90 Å². The van der Waals surface area contributed by atoms with Crippen molar-refractivity contribution in [3.63, 3.8) is 0 Å². The van der Waals surface area contributed by atoms with Crippen LogP contribution in [0.4, 0.5) is 5.69 Å². The zero-order valence-corrected chi connectivity index (χ0v) is 10.7. The second kappa shape index (κ2) is 5.46. The molecule has 0 radical (unpaired) electrons. The van der Waals surface area contributed by atoms with E-state index < -0.39 is 11.2 Å². The van der Waals surface area contributed by atoms with Gasteiger partial charge in [-0.3, -0.25) is 4.79 Å². The Morgan fingerprint density at radius 1 is 1.50 bits per heavy atom. The van der Waals surface area contributed by atoms with Gasteiger partial charge in [-0.1, -0.05) is 25.4 Å². The Hall–Kier alpha value is -0.870. The summed E-state index contributed by atoms with van der Waals surface area (Å²) in [6.45, 7) is 3.74. The van der Waals surface area contributed by atoms with Crippen molar-refractivity contribution in [2.45, 2.75) is 24.0 Å². The molecule has 88 valence electrons. The Labute approximate surface area is 104 Å². The molecule has 0 aliphatic carbocycles. The van der Waals surface area contributed by atoms with Gasteiger partial charge in [-0.05, 0) is 24.1 Å². The highest BCUT2D eigenvalue weighted by Crippen LogP contribution is 2.34. The molecule has 0 heterocycles. The monoisotopic (exact) mass is 259 g/mol. The molecule has 3 nitrogen and oxygen atoms in total. The minimum absolute atomic E-state index is 0.0381. The standard InChI is InChI=1S/C11H14ClNO2S/c1-6(2)10(11(14)15)16-9-4-3-7(13)5-8(9)12/h3-6,10H,13H2,1-2H3,(H,14,15). The normalized spacial score (nSPS) is 12.8. The molecule has 0 spiro atoms. The molecule has 0 fully saturated rings. The number of benzene rings is 1. The SMILES string of the molecule is CC(C)C(Sc1ccc(N)cc1Cl)C(=O)O. The van der Waals surface area contributed by atoms with Crippen LogP contribution in [0.3, 0.4) is 0 Å². The van der Waals surface area contributed by atoms with Crippen molar-refractivity contribution >= 4 is 35.0 Å². The van der Waals surface area contributed by atoms with Gasteiger partial charge in [0.2, 0.25) is 0 Å². The lowest BCUT2D eigenvalue weighted by atomic mass is 10.1. The summed E-state index contributed by atoms with van der Waals surface area (Å²) in [5.41, 5.74) is 6.14. The molecule has 1 unspecified atom stereocenters. The number of nitrogen functional groups attached to an aromatic ring is 1. The molecule has 1 rings (SSSR count). The zero-order valence-electron chi connectivity index (χ0n) is 9.11. The number of hydrogen-bond donors (Lipinski definition) is 2. The largest absolute Gasteiger partial charge is 0.480 e. The first-order chi connectivity index (χ1) is 7.41. The number of carboxylic acids is 1. The van der Waals surface area contributed by atoms with Crippen LogP contribution in [-0.2, 0) is 4.79 Å². The summed E-state index contributed by atoms with van der Waals surface area (Å²) in [7, 11) is 0. The highest BCUT2D eigenvalue weighted by Gasteiger charge is 2.23. The maximum absolute atomic E-state index is 11.0. The molecule has 0 aliphatic rings. The zero-order chi connectivity index (χ0) is 12.3. The first kappa shape index (κ1) is 13.2. The molecular formula is C11H14ClNO2S. The van der Waals surface area contributed by atoms with E-state index in [0.29, 0.717) is 10.7 Å². The van der Waals surface area contributed by atoms with Crippen molar-refractivity contribution in [1.29, 1.82) is 0 Å². The fraction of sp³-hybridized carbons (Fsp3) is 0.364. The fourth-order valence-corrected chi connectivity index (χ4v) is 2.51. The van der Waals surface area contributed by atoms with Gasteiger partial charge < -0.3 is 10.8 Å². The Bertz CT molecular complexity index is 396. The van der Waals surface area contributed by atoms with Crippen LogP contribution < -0.4 is 5.73 Å². The van der Waals surface area contributed by atoms with Gasteiger partial charge in [-0.15, -0.1) is 11.8 Å². The van der Waals surface area contributed by atoms with Crippen molar-refractivity contribution in [2.24, 2.45) is 5.92 Å². The number of aliphatic carboxylic acids is 1. The van der Waals surface area contributed by atoms with Crippen LogP contribution in [0.5, 0.6) is 0 Å². The lowest BCUT2D eigenvalue weighted by Crippen LogP contribution is -2.22. The average Bonchev–Trinajstić information content (AvgIpc) is 2.15. The number of carbonyl (C=O) groups is 1. The predicted octanol–water partition coefficient (Wildman–Crippen LogP) is 3.12. The van der Waals surface area contributed by atoms with E-state index in [2.05, 4.69) is 0 Å². The Balaban J connectivity index is 2.90. The highest BCUT2D eigenvalue weighted by atomic mass is 35.5. The van der Waals surface area contributed by atoms with Crippen molar-refractivity contribution in [1.82, 2.24) is 0 Å². The molecule has 0 aliphatic heterocycles. The quantitative estimate of drug-likeness (QED) is 0.644. The third-order valence-electron chi connectivity index (χ3n) is 2.06. The first-order valence-electron chi connectivity index (χ1n) is 4.86. The van der Waals surface area contributed by atoms with E-state index in [1.807, 2.05) is 13.8 Å². The summed E-state index contributed by atoms with van der Waals surface area (Å²) in [6.07, 6.45) is 0. The van der Waals surface area contributed by atoms with Gasteiger partial charge in [0.1, 0.15) is 5.25 Å². The van der Waals surface area contributed by atoms with E-state index in [1.165, 1.54) is 11.8 Å². The number of halogens is 1. The third kappa shape index (κ3) is 3.32. The maximum Gasteiger partial charge on any atom is 0.317 e. The van der Waals surface area contributed by atoms with Crippen LogP contribution in [0, 0.1) is 5.92 Å². The molecular weight excluding hydrogens is 246 g/mol. The molecule has 1 atom stereocenters. The Morgan fingerprint density at radius 3 is 2.56 bits per heavy atom. The van der Waals surface area contributed by atoms with Crippen LogP contribution in [0.2, 0.25) is 5.02 Å². The second-order valence-electron chi connectivity index (χ2n) is 3.81. The van der Waals surface area contributed by atoms with Crippen molar-refractivity contribution in [3.8, 4) is 0 Å². The summed E-state index contributed by atoms with van der Waals surface area (Å²) >= 11 is 7.24. The summed E-state index contributed by atoms with van der Waals surface area (Å²) in [5, 5.41) is 9.06. The van der Waals surface area contributed by atoms with Gasteiger partial charge in [-0.25, -0.2) is 0 Å². The van der Waals surface area contributed by atoms with E-state index >= 15 is 0 Å². The molecule has 1 aromatic rings. The third-order valence-corrected chi connectivity index (χ3v) is 4.09. The van der Waals surface area contributed by atoms with Gasteiger partial charge in [0.25, 0.3) is 0 Å². The Kier molecular flexibility index (Phi) is 4.50. The number of carboxylic acid groups (broad SMARTS) is 1. The smallest absolute Gasteiger partial charge is 0.317 e. The van der Waals surface area contributed by atoms with Gasteiger partial charge in [0, 0.05) is 10.6 Å². The molecule has 0 bridgehead atoms. The summed E-state index contributed by atoms with van der Waals surface area (Å²) < 4.78 is 0. The number of hydrogen-bond acceptors (Lipinski definition) is 3. The first-order valence-corrected chi connectivity index (χ1v) is 6.12. The van der Waals surface area contributed by atoms with Crippen LogP contribution >= 0.6 is 23.4 Å². The maximum atomic E-state index is 11.0. The molecule has 0 saturated heterocycles. The lowest BCUT2D eigenvalue weighted by Gasteiger charge is -2.16. The number of rotatable bonds is 4. The molecule has 0 saturated carbocycles. The van der Waals surface area contributed by atoms with Crippen molar-refractivity contribution in [3.05, 3.63) is 23.2 Å². The molecule has 5 heteroatoms. The second-order valence-corrected chi connectivity index (χ2v) is 5.40. The van der Waals surface area contributed by atoms with Crippen LogP contribution in [0.25, 0.3) is 0 Å². The van der Waals surface area contributed by atoms with Gasteiger partial charge in [0.15, 0.2) is 0 Å². The summed E-state index contributed by atoms with van der Waals surface area (Å²) in [6, 6.07) is 5.09. The molecule has 3 N–H and O–H groups in total. The van der Waals surface area contributed by atoms with Crippen LogP contribution in [-0.4, -0.2) is 16.3 Å². The molecule has 16 heavy (non-hydrogen) atoms. The highest BCUT2D eigenvalue weighted by molar-refractivity contribution is 8.00. The number of thioether (sulfide) groups is 1. The lowest BCUT2D eigenvalue weighted by molar-refractivity contribution is -0.137. The van der Waals surface area contributed by atoms with E-state index in [-0.39, 0.29) is 5.92 Å². The summed E-state index contributed by atoms with van der Waals surface area (Å²) in [4.78, 5) is 11.8. The van der Waals surface area contributed by atoms with Gasteiger partial charge in [-0.2, -0.15) is 0 Å². The molecule has 1 aromatic carbocycles. The van der Waals surface area contributed by atoms with E-state index in [1.54, 1.807) is 18.2 Å².